The van der Waals surface area contributed by atoms with E-state index in [-0.39, 0.29) is 24.3 Å². The Hall–Kier alpha value is -2.18. The Morgan fingerprint density at radius 1 is 1.45 bits per heavy atom. The van der Waals surface area contributed by atoms with Crippen molar-refractivity contribution in [2.24, 2.45) is 0 Å². The molecule has 20 heavy (non-hydrogen) atoms. The predicted octanol–water partition coefficient (Wildman–Crippen LogP) is 0.265. The first-order valence-corrected chi connectivity index (χ1v) is 6.18. The quantitative estimate of drug-likeness (QED) is 0.730. The van der Waals surface area contributed by atoms with E-state index in [2.05, 4.69) is 10.3 Å². The fourth-order valence-corrected chi connectivity index (χ4v) is 1.92. The lowest BCUT2D eigenvalue weighted by Gasteiger charge is -2.15. The van der Waals surface area contributed by atoms with Crippen LogP contribution in [-0.2, 0) is 4.74 Å². The maximum atomic E-state index is 12.0. The van der Waals surface area contributed by atoms with Crippen LogP contribution in [0.3, 0.4) is 0 Å². The number of pyridine rings is 1. The molecule has 0 saturated carbocycles. The molecule has 0 radical (unpaired) electrons. The van der Waals surface area contributed by atoms with Gasteiger partial charge in [-0.2, -0.15) is 0 Å². The highest BCUT2D eigenvalue weighted by atomic mass is 16.5. The molecule has 0 aliphatic carbocycles. The van der Waals surface area contributed by atoms with Crippen LogP contribution >= 0.6 is 0 Å². The highest BCUT2D eigenvalue weighted by Crippen LogP contribution is 2.07. The Bertz CT molecular complexity index is 666. The number of carbonyl (C=O) groups is 1. The number of hydrogen-bond acceptors (Lipinski definition) is 4. The first-order chi connectivity index (χ1) is 9.65. The van der Waals surface area contributed by atoms with Gasteiger partial charge >= 0.3 is 0 Å². The van der Waals surface area contributed by atoms with Crippen molar-refractivity contribution in [3.63, 3.8) is 0 Å². The van der Waals surface area contributed by atoms with Crippen LogP contribution in [0.5, 0.6) is 0 Å². The lowest BCUT2D eigenvalue weighted by Crippen LogP contribution is -2.41. The smallest absolute Gasteiger partial charge is 0.268 e. The summed E-state index contributed by atoms with van der Waals surface area (Å²) < 4.78 is 4.88. The fourth-order valence-electron chi connectivity index (χ4n) is 1.92. The van der Waals surface area contributed by atoms with Crippen LogP contribution in [0, 0.1) is 0 Å². The van der Waals surface area contributed by atoms with Gasteiger partial charge in [0, 0.05) is 24.1 Å². The molecule has 1 aromatic heterocycles. The number of aliphatic hydroxyl groups excluding tert-OH is 1. The summed E-state index contributed by atoms with van der Waals surface area (Å²) in [5, 5.41) is 12.2. The minimum absolute atomic E-state index is 0.156. The van der Waals surface area contributed by atoms with Crippen LogP contribution in [0.4, 0.5) is 0 Å². The topological polar surface area (TPSA) is 91.4 Å². The molecule has 2 rings (SSSR count). The molecule has 1 atom stereocenters. The van der Waals surface area contributed by atoms with E-state index in [4.69, 9.17) is 9.84 Å². The van der Waals surface area contributed by atoms with Gasteiger partial charge in [-0.3, -0.25) is 9.59 Å². The number of aliphatic hydroxyl groups is 1. The third-order valence-electron chi connectivity index (χ3n) is 2.91. The zero-order valence-corrected chi connectivity index (χ0v) is 11.1. The molecule has 1 amide bonds. The van der Waals surface area contributed by atoms with E-state index < -0.39 is 11.9 Å². The highest BCUT2D eigenvalue weighted by Gasteiger charge is 2.14. The van der Waals surface area contributed by atoms with Crippen LogP contribution in [0.15, 0.2) is 35.1 Å². The molecule has 0 fully saturated rings. The number of methoxy groups -OCH3 is 1. The molecule has 6 heteroatoms. The number of hydrogen-bond donors (Lipinski definition) is 3. The summed E-state index contributed by atoms with van der Waals surface area (Å²) in [6, 6.07) is 7.70. The zero-order valence-electron chi connectivity index (χ0n) is 11.1. The first kappa shape index (κ1) is 14.2. The van der Waals surface area contributed by atoms with E-state index >= 15 is 0 Å². The SMILES string of the molecule is COCC(CO)NC(=O)c1cc(=O)c2ccccc2[nH]1. The zero-order chi connectivity index (χ0) is 14.5. The average Bonchev–Trinajstić information content (AvgIpc) is 2.46. The summed E-state index contributed by atoms with van der Waals surface area (Å²) in [4.78, 5) is 26.9. The normalized spacial score (nSPS) is 12.3. The number of H-pyrrole nitrogens is 1. The largest absolute Gasteiger partial charge is 0.394 e. The van der Waals surface area contributed by atoms with Gasteiger partial charge in [-0.25, -0.2) is 0 Å². The molecule has 1 unspecified atom stereocenters. The fraction of sp³-hybridized carbons (Fsp3) is 0.286. The number of para-hydroxylation sites is 1. The van der Waals surface area contributed by atoms with Crippen molar-refractivity contribution in [3.8, 4) is 0 Å². The van der Waals surface area contributed by atoms with E-state index in [0.29, 0.717) is 10.9 Å². The molecule has 6 nitrogen and oxygen atoms in total. The standard InChI is InChI=1S/C14H16N2O4/c1-20-8-9(7-17)15-14(19)12-6-13(18)10-4-2-3-5-11(10)16-12/h2-6,9,17H,7-8H2,1H3,(H,15,19)(H,16,18). The summed E-state index contributed by atoms with van der Waals surface area (Å²) in [6.45, 7) is -0.0442. The van der Waals surface area contributed by atoms with Gasteiger partial charge in [-0.05, 0) is 12.1 Å². The van der Waals surface area contributed by atoms with Gasteiger partial charge in [0.2, 0.25) is 0 Å². The first-order valence-electron chi connectivity index (χ1n) is 6.18. The van der Waals surface area contributed by atoms with E-state index in [1.807, 2.05) is 0 Å². The van der Waals surface area contributed by atoms with Crippen LogP contribution < -0.4 is 10.7 Å². The number of amides is 1. The Balaban J connectivity index is 2.28. The van der Waals surface area contributed by atoms with Crippen LogP contribution in [0.1, 0.15) is 10.5 Å². The number of aromatic amines is 1. The summed E-state index contributed by atoms with van der Waals surface area (Å²) in [5.74, 6) is -0.455. The summed E-state index contributed by atoms with van der Waals surface area (Å²) in [5.41, 5.74) is 0.525. The van der Waals surface area contributed by atoms with Gasteiger partial charge < -0.3 is 20.1 Å². The molecule has 2 aromatic rings. The molecule has 1 aromatic carbocycles. The van der Waals surface area contributed by atoms with Gasteiger partial charge in [0.05, 0.1) is 19.3 Å². The molecule has 0 aliphatic heterocycles. The molecule has 0 bridgehead atoms. The second-order valence-corrected chi connectivity index (χ2v) is 4.40. The van der Waals surface area contributed by atoms with Crippen LogP contribution in [0.25, 0.3) is 10.9 Å². The number of aromatic nitrogens is 1. The van der Waals surface area contributed by atoms with Crippen LogP contribution in [-0.4, -0.2) is 42.4 Å². The molecule has 106 valence electrons. The van der Waals surface area contributed by atoms with Crippen molar-refractivity contribution in [1.29, 1.82) is 0 Å². The lowest BCUT2D eigenvalue weighted by atomic mass is 10.2. The Morgan fingerprint density at radius 3 is 2.90 bits per heavy atom. The number of nitrogens with one attached hydrogen (secondary N) is 2. The van der Waals surface area contributed by atoms with E-state index in [1.54, 1.807) is 24.3 Å². The minimum atomic E-state index is -0.512. The van der Waals surface area contributed by atoms with E-state index in [0.717, 1.165) is 0 Å². The second kappa shape index (κ2) is 6.31. The monoisotopic (exact) mass is 276 g/mol. The third kappa shape index (κ3) is 3.04. The lowest BCUT2D eigenvalue weighted by molar-refractivity contribution is 0.0835. The number of rotatable bonds is 5. The number of fused-ring (bicyclic) bond motifs is 1. The molecular weight excluding hydrogens is 260 g/mol. The van der Waals surface area contributed by atoms with Gasteiger partial charge in [0.25, 0.3) is 5.91 Å². The summed E-state index contributed by atoms with van der Waals surface area (Å²) in [7, 11) is 1.48. The maximum absolute atomic E-state index is 12.0. The van der Waals surface area contributed by atoms with Gasteiger partial charge in [-0.15, -0.1) is 0 Å². The second-order valence-electron chi connectivity index (χ2n) is 4.40. The summed E-state index contributed by atoms with van der Waals surface area (Å²) >= 11 is 0. The van der Waals surface area contributed by atoms with E-state index in [1.165, 1.54) is 13.2 Å². The van der Waals surface area contributed by atoms with Crippen molar-refractivity contribution < 1.29 is 14.6 Å². The predicted molar refractivity (Wildman–Crippen MR) is 74.8 cm³/mol. The highest BCUT2D eigenvalue weighted by molar-refractivity contribution is 5.95. The van der Waals surface area contributed by atoms with Crippen molar-refractivity contribution in [2.45, 2.75) is 6.04 Å². The van der Waals surface area contributed by atoms with Crippen LogP contribution in [0.2, 0.25) is 0 Å². The Kier molecular flexibility index (Phi) is 4.49. The number of carbonyl (C=O) groups excluding carboxylic acids is 1. The van der Waals surface area contributed by atoms with Crippen molar-refractivity contribution in [1.82, 2.24) is 10.3 Å². The number of benzene rings is 1. The average molecular weight is 276 g/mol. The Morgan fingerprint density at radius 2 is 2.20 bits per heavy atom. The third-order valence-corrected chi connectivity index (χ3v) is 2.91. The van der Waals surface area contributed by atoms with Gasteiger partial charge in [-0.1, -0.05) is 12.1 Å². The van der Waals surface area contributed by atoms with Gasteiger partial charge in [0.15, 0.2) is 5.43 Å². The minimum Gasteiger partial charge on any atom is -0.394 e. The Labute approximate surface area is 115 Å². The molecule has 0 spiro atoms. The molecular formula is C14H16N2O4. The molecule has 0 aliphatic rings. The van der Waals surface area contributed by atoms with Crippen molar-refractivity contribution >= 4 is 16.8 Å². The summed E-state index contributed by atoms with van der Waals surface area (Å²) in [6.07, 6.45) is 0. The molecule has 1 heterocycles. The van der Waals surface area contributed by atoms with Crippen molar-refractivity contribution in [3.05, 3.63) is 46.2 Å². The molecule has 3 N–H and O–H groups in total. The number of ether oxygens (including phenoxy) is 1. The molecule has 0 saturated heterocycles. The van der Waals surface area contributed by atoms with E-state index in [9.17, 15) is 9.59 Å². The van der Waals surface area contributed by atoms with Gasteiger partial charge in [0.1, 0.15) is 5.69 Å². The van der Waals surface area contributed by atoms with Crippen molar-refractivity contribution in [2.75, 3.05) is 20.3 Å². The maximum Gasteiger partial charge on any atom is 0.268 e.